The molecule has 8 heteroatoms. The maximum absolute atomic E-state index is 13.6. The number of halogens is 1. The molecule has 3 aromatic carbocycles. The molecule has 2 aromatic heterocycles. The van der Waals surface area contributed by atoms with E-state index in [0.717, 1.165) is 27.8 Å². The summed E-state index contributed by atoms with van der Waals surface area (Å²) >= 11 is 0. The molecule has 0 amide bonds. The molecule has 188 valence electrons. The zero-order chi connectivity index (χ0) is 25.9. The Morgan fingerprint density at radius 3 is 2.38 bits per heavy atom. The summed E-state index contributed by atoms with van der Waals surface area (Å²) < 4.78 is 25.6. The second-order valence-electron chi connectivity index (χ2n) is 8.65. The summed E-state index contributed by atoms with van der Waals surface area (Å²) in [6.45, 7) is 2.34. The number of benzene rings is 3. The number of ether oxygens (including phenoxy) is 2. The molecule has 2 heterocycles. The molecule has 0 atom stereocenters. The number of hydrogen-bond acceptors (Lipinski definition) is 4. The molecule has 0 saturated carbocycles. The second-order valence-corrected chi connectivity index (χ2v) is 8.65. The Bertz CT molecular complexity index is 1630. The van der Waals surface area contributed by atoms with Gasteiger partial charge in [-0.3, -0.25) is 14.9 Å². The number of H-pyrrole nitrogens is 2. The monoisotopic (exact) mass is 498 g/mol. The summed E-state index contributed by atoms with van der Waals surface area (Å²) in [5.74, 6) is 1.14. The Labute approximate surface area is 213 Å². The topological polar surface area (TPSA) is 84.4 Å². The van der Waals surface area contributed by atoms with Gasteiger partial charge in [0.2, 0.25) is 0 Å². The van der Waals surface area contributed by atoms with Crippen molar-refractivity contribution in [3.63, 3.8) is 0 Å². The third kappa shape index (κ3) is 4.78. The molecule has 0 radical (unpaired) electrons. The van der Waals surface area contributed by atoms with Crippen molar-refractivity contribution >= 4 is 16.6 Å². The average Bonchev–Trinajstić information content (AvgIpc) is 3.49. The summed E-state index contributed by atoms with van der Waals surface area (Å²) in [6.07, 6.45) is 2.68. The van der Waals surface area contributed by atoms with Crippen LogP contribution in [0.15, 0.2) is 82.7 Å². The summed E-state index contributed by atoms with van der Waals surface area (Å²) in [7, 11) is 3.26. The fourth-order valence-electron chi connectivity index (χ4n) is 4.43. The Kier molecular flexibility index (Phi) is 6.64. The first-order valence-corrected chi connectivity index (χ1v) is 11.9. The average molecular weight is 499 g/mol. The van der Waals surface area contributed by atoms with E-state index < -0.39 is 0 Å². The van der Waals surface area contributed by atoms with Gasteiger partial charge in [0.15, 0.2) is 0 Å². The number of aliphatic imine (C=N–C) groups is 1. The lowest BCUT2D eigenvalue weighted by atomic mass is 10.0. The number of nitrogens with zero attached hydrogens (tertiary/aromatic N) is 2. The quantitative estimate of drug-likeness (QED) is 0.276. The minimum atomic E-state index is -0.369. The van der Waals surface area contributed by atoms with Crippen molar-refractivity contribution in [2.24, 2.45) is 4.99 Å². The van der Waals surface area contributed by atoms with Crippen LogP contribution in [0, 0.1) is 5.82 Å². The van der Waals surface area contributed by atoms with Gasteiger partial charge in [0.25, 0.3) is 5.56 Å². The maximum Gasteiger partial charge on any atom is 0.280 e. The first kappa shape index (κ1) is 24.1. The number of rotatable bonds is 8. The smallest absolute Gasteiger partial charge is 0.280 e. The minimum absolute atomic E-state index is 0.254. The highest BCUT2D eigenvalue weighted by molar-refractivity contribution is 6.03. The second kappa shape index (κ2) is 10.2. The molecule has 5 aromatic rings. The van der Waals surface area contributed by atoms with Gasteiger partial charge in [-0.2, -0.15) is 0 Å². The van der Waals surface area contributed by atoms with Crippen molar-refractivity contribution in [2.75, 3.05) is 20.8 Å². The lowest BCUT2D eigenvalue weighted by Crippen LogP contribution is -2.20. The lowest BCUT2D eigenvalue weighted by molar-refractivity contribution is 0.415. The van der Waals surface area contributed by atoms with E-state index in [1.807, 2.05) is 55.6 Å². The summed E-state index contributed by atoms with van der Waals surface area (Å²) in [4.78, 5) is 21.6. The maximum atomic E-state index is 13.6. The van der Waals surface area contributed by atoms with Gasteiger partial charge in [-0.25, -0.2) is 9.07 Å². The third-order valence-electron chi connectivity index (χ3n) is 6.42. The zero-order valence-electron chi connectivity index (χ0n) is 20.8. The van der Waals surface area contributed by atoms with E-state index in [0.29, 0.717) is 41.4 Å². The van der Waals surface area contributed by atoms with Gasteiger partial charge >= 0.3 is 0 Å². The number of nitrogens with one attached hydrogen (secondary N) is 2. The standard InChI is InChI=1S/C29H27FN4O3/c1-18(31-15-14-20-17-32-26-13-12-24(37-3)16-25(20)26)27-28(19-4-10-23(36-2)11-5-19)33-34(29(27)35)22-8-6-21(30)7-9-22/h4-13,16-17,32-33H,14-15H2,1-3H3. The van der Waals surface area contributed by atoms with E-state index >= 15 is 0 Å². The highest BCUT2D eigenvalue weighted by atomic mass is 19.1. The van der Waals surface area contributed by atoms with Crippen LogP contribution in [0.3, 0.4) is 0 Å². The molecule has 5 rings (SSSR count). The van der Waals surface area contributed by atoms with Crippen LogP contribution in [0.1, 0.15) is 18.1 Å². The van der Waals surface area contributed by atoms with Crippen molar-refractivity contribution < 1.29 is 13.9 Å². The third-order valence-corrected chi connectivity index (χ3v) is 6.42. The molecule has 37 heavy (non-hydrogen) atoms. The predicted molar refractivity (Wildman–Crippen MR) is 144 cm³/mol. The fraction of sp³-hybridized carbons (Fsp3) is 0.172. The van der Waals surface area contributed by atoms with E-state index in [9.17, 15) is 9.18 Å². The van der Waals surface area contributed by atoms with Crippen LogP contribution in [0.4, 0.5) is 4.39 Å². The van der Waals surface area contributed by atoms with Crippen LogP contribution in [-0.2, 0) is 6.42 Å². The van der Waals surface area contributed by atoms with Crippen LogP contribution in [0.2, 0.25) is 0 Å². The van der Waals surface area contributed by atoms with Crippen molar-refractivity contribution in [2.45, 2.75) is 13.3 Å². The SMILES string of the molecule is COc1ccc(-c2[nH]n(-c3ccc(F)cc3)c(=O)c2C(C)=NCCc2c[nH]c3ccc(OC)cc23)cc1. The highest BCUT2D eigenvalue weighted by Crippen LogP contribution is 2.26. The summed E-state index contributed by atoms with van der Waals surface area (Å²) in [5.41, 5.74) is 4.97. The molecule has 0 aliphatic carbocycles. The van der Waals surface area contributed by atoms with Gasteiger partial charge in [-0.1, -0.05) is 0 Å². The van der Waals surface area contributed by atoms with Crippen molar-refractivity contribution in [1.29, 1.82) is 0 Å². The lowest BCUT2D eigenvalue weighted by Gasteiger charge is -2.05. The predicted octanol–water partition coefficient (Wildman–Crippen LogP) is 5.52. The largest absolute Gasteiger partial charge is 0.497 e. The molecule has 0 saturated heterocycles. The molecule has 2 N–H and O–H groups in total. The van der Waals surface area contributed by atoms with Crippen molar-refractivity contribution in [3.8, 4) is 28.4 Å². The summed E-state index contributed by atoms with van der Waals surface area (Å²) in [5, 5.41) is 4.29. The first-order chi connectivity index (χ1) is 18.0. The Morgan fingerprint density at radius 2 is 1.68 bits per heavy atom. The fourth-order valence-corrected chi connectivity index (χ4v) is 4.43. The number of hydrogen-bond donors (Lipinski definition) is 2. The molecule has 0 aliphatic heterocycles. The van der Waals surface area contributed by atoms with Crippen LogP contribution in [-0.4, -0.2) is 41.2 Å². The van der Waals surface area contributed by atoms with Gasteiger partial charge in [-0.05, 0) is 85.6 Å². The van der Waals surface area contributed by atoms with Crippen molar-refractivity contribution in [3.05, 3.63) is 100 Å². The van der Waals surface area contributed by atoms with E-state index in [2.05, 4.69) is 10.1 Å². The van der Waals surface area contributed by atoms with E-state index in [1.54, 1.807) is 26.4 Å². The van der Waals surface area contributed by atoms with Gasteiger partial charge in [0, 0.05) is 34.9 Å². The number of aromatic nitrogens is 3. The molecule has 0 unspecified atom stereocenters. The van der Waals surface area contributed by atoms with Gasteiger partial charge < -0.3 is 14.5 Å². The highest BCUT2D eigenvalue weighted by Gasteiger charge is 2.19. The Balaban J connectivity index is 1.50. The molecule has 7 nitrogen and oxygen atoms in total. The van der Waals surface area contributed by atoms with Crippen LogP contribution in [0.5, 0.6) is 11.5 Å². The number of fused-ring (bicyclic) bond motifs is 1. The zero-order valence-corrected chi connectivity index (χ0v) is 20.8. The molecule has 0 bridgehead atoms. The molecular weight excluding hydrogens is 471 g/mol. The van der Waals surface area contributed by atoms with E-state index in [-0.39, 0.29) is 11.4 Å². The number of methoxy groups -OCH3 is 2. The Hall–Kier alpha value is -4.59. The van der Waals surface area contributed by atoms with Crippen LogP contribution >= 0.6 is 0 Å². The molecule has 0 aliphatic rings. The van der Waals surface area contributed by atoms with E-state index in [1.165, 1.54) is 16.8 Å². The van der Waals surface area contributed by atoms with Crippen LogP contribution < -0.4 is 15.0 Å². The van der Waals surface area contributed by atoms with Crippen LogP contribution in [0.25, 0.3) is 27.8 Å². The van der Waals surface area contributed by atoms with Gasteiger partial charge in [-0.15, -0.1) is 0 Å². The summed E-state index contributed by atoms with van der Waals surface area (Å²) in [6, 6.07) is 19.1. The van der Waals surface area contributed by atoms with E-state index in [4.69, 9.17) is 14.5 Å². The minimum Gasteiger partial charge on any atom is -0.497 e. The van der Waals surface area contributed by atoms with Gasteiger partial charge in [0.05, 0.1) is 31.2 Å². The first-order valence-electron chi connectivity index (χ1n) is 11.9. The molecule has 0 fully saturated rings. The normalized spacial score (nSPS) is 11.7. The van der Waals surface area contributed by atoms with Crippen molar-refractivity contribution in [1.82, 2.24) is 14.8 Å². The number of aromatic amines is 2. The van der Waals surface area contributed by atoms with Gasteiger partial charge in [0.1, 0.15) is 17.3 Å². The molecule has 0 spiro atoms. The molecular formula is C29H27FN4O3. The Morgan fingerprint density at radius 1 is 0.973 bits per heavy atom.